The lowest BCUT2D eigenvalue weighted by Gasteiger charge is -2.28. The Hall–Kier alpha value is -4.15. The van der Waals surface area contributed by atoms with Crippen LogP contribution in [0.2, 0.25) is 0 Å². The van der Waals surface area contributed by atoms with Crippen molar-refractivity contribution in [2.45, 2.75) is 6.61 Å². The number of halogens is 1. The Morgan fingerprint density at radius 1 is 1.00 bits per heavy atom. The first-order valence-corrected chi connectivity index (χ1v) is 13.2. The van der Waals surface area contributed by atoms with Gasteiger partial charge in [-0.25, -0.2) is 4.39 Å². The Kier molecular flexibility index (Phi) is 8.24. The predicted molar refractivity (Wildman–Crippen MR) is 148 cm³/mol. The van der Waals surface area contributed by atoms with Gasteiger partial charge in [-0.15, -0.1) is 0 Å². The third-order valence-electron chi connectivity index (χ3n) is 6.23. The molecule has 8 nitrogen and oxygen atoms in total. The Labute approximate surface area is 229 Å². The van der Waals surface area contributed by atoms with Crippen LogP contribution in [0, 0.1) is 5.82 Å². The Bertz CT molecular complexity index is 1390. The van der Waals surface area contributed by atoms with E-state index in [1.807, 2.05) is 12.1 Å². The number of morpholine rings is 1. The number of carbonyl (C=O) groups excluding carboxylic acids is 3. The van der Waals surface area contributed by atoms with Crippen LogP contribution in [0.25, 0.3) is 6.08 Å². The molecule has 3 aromatic carbocycles. The summed E-state index contributed by atoms with van der Waals surface area (Å²) in [6, 6.07) is 20.7. The maximum atomic E-state index is 13.8. The van der Waals surface area contributed by atoms with Gasteiger partial charge in [-0.2, -0.15) is 0 Å². The van der Waals surface area contributed by atoms with Crippen LogP contribution in [-0.2, 0) is 20.9 Å². The molecule has 0 atom stereocenters. The van der Waals surface area contributed by atoms with Gasteiger partial charge < -0.3 is 19.7 Å². The van der Waals surface area contributed by atoms with E-state index in [0.29, 0.717) is 35.8 Å². The summed E-state index contributed by atoms with van der Waals surface area (Å²) in [6.07, 6.45) is 1.59. The number of benzene rings is 3. The summed E-state index contributed by atoms with van der Waals surface area (Å²) in [5.41, 5.74) is 2.75. The molecule has 3 aromatic rings. The molecule has 3 amide bonds. The Balaban J connectivity index is 1.15. The maximum absolute atomic E-state index is 13.8. The average Bonchev–Trinajstić information content (AvgIpc) is 3.21. The van der Waals surface area contributed by atoms with E-state index < -0.39 is 17.1 Å². The van der Waals surface area contributed by atoms with Crippen molar-refractivity contribution in [1.29, 1.82) is 0 Å². The number of nitrogens with one attached hydrogen (secondary N) is 1. The molecule has 5 rings (SSSR count). The van der Waals surface area contributed by atoms with E-state index in [9.17, 15) is 18.8 Å². The van der Waals surface area contributed by atoms with Gasteiger partial charge in [-0.05, 0) is 65.9 Å². The fraction of sp³-hybridized carbons (Fsp3) is 0.207. The number of rotatable bonds is 8. The van der Waals surface area contributed by atoms with Crippen LogP contribution in [0.3, 0.4) is 0 Å². The highest BCUT2D eigenvalue weighted by molar-refractivity contribution is 8.18. The van der Waals surface area contributed by atoms with Crippen LogP contribution in [0.1, 0.15) is 11.1 Å². The fourth-order valence-corrected chi connectivity index (χ4v) is 4.98. The monoisotopic (exact) mass is 547 g/mol. The molecule has 0 aromatic heterocycles. The second-order valence-corrected chi connectivity index (χ2v) is 9.90. The lowest BCUT2D eigenvalue weighted by atomic mass is 10.2. The van der Waals surface area contributed by atoms with Crippen LogP contribution in [-0.4, -0.2) is 54.8 Å². The molecular formula is C29H26FN3O5S. The zero-order chi connectivity index (χ0) is 27.2. The molecule has 10 heteroatoms. The van der Waals surface area contributed by atoms with E-state index in [2.05, 4.69) is 10.2 Å². The highest BCUT2D eigenvalue weighted by Gasteiger charge is 2.36. The molecule has 200 valence electrons. The van der Waals surface area contributed by atoms with Crippen molar-refractivity contribution in [3.05, 3.63) is 94.6 Å². The first-order valence-electron chi connectivity index (χ1n) is 12.4. The van der Waals surface area contributed by atoms with Crippen molar-refractivity contribution < 1.29 is 28.2 Å². The molecule has 2 aliphatic rings. The van der Waals surface area contributed by atoms with Crippen molar-refractivity contribution in [1.82, 2.24) is 4.90 Å². The number of anilines is 2. The van der Waals surface area contributed by atoms with E-state index in [0.717, 1.165) is 35.4 Å². The van der Waals surface area contributed by atoms with Gasteiger partial charge in [-0.1, -0.05) is 30.3 Å². The maximum Gasteiger partial charge on any atom is 0.294 e. The molecule has 0 radical (unpaired) electrons. The average molecular weight is 548 g/mol. The predicted octanol–water partition coefficient (Wildman–Crippen LogP) is 4.92. The topological polar surface area (TPSA) is 88.2 Å². The van der Waals surface area contributed by atoms with Crippen LogP contribution >= 0.6 is 11.8 Å². The zero-order valence-electron chi connectivity index (χ0n) is 21.0. The van der Waals surface area contributed by atoms with Gasteiger partial charge in [0.25, 0.3) is 11.1 Å². The smallest absolute Gasteiger partial charge is 0.294 e. The molecule has 2 fully saturated rings. The van der Waals surface area contributed by atoms with Crippen molar-refractivity contribution in [2.75, 3.05) is 43.1 Å². The molecular weight excluding hydrogens is 521 g/mol. The number of hydrogen-bond donors (Lipinski definition) is 1. The number of nitrogens with zero attached hydrogens (tertiary/aromatic N) is 2. The lowest BCUT2D eigenvalue weighted by molar-refractivity contribution is -0.127. The van der Waals surface area contributed by atoms with Crippen LogP contribution in [0.15, 0.2) is 77.7 Å². The number of thioether (sulfide) groups is 1. The van der Waals surface area contributed by atoms with Crippen molar-refractivity contribution >= 4 is 46.3 Å². The molecule has 2 aliphatic heterocycles. The van der Waals surface area contributed by atoms with Gasteiger partial charge in [0.15, 0.2) is 0 Å². The van der Waals surface area contributed by atoms with E-state index >= 15 is 0 Å². The molecule has 0 bridgehead atoms. The minimum Gasteiger partial charge on any atom is -0.489 e. The largest absolute Gasteiger partial charge is 0.489 e. The number of ether oxygens (including phenoxy) is 2. The Morgan fingerprint density at radius 2 is 1.72 bits per heavy atom. The van der Waals surface area contributed by atoms with Crippen molar-refractivity contribution in [3.63, 3.8) is 0 Å². The van der Waals surface area contributed by atoms with Gasteiger partial charge in [0.05, 0.1) is 18.1 Å². The summed E-state index contributed by atoms with van der Waals surface area (Å²) < 4.78 is 24.8. The molecule has 0 spiro atoms. The van der Waals surface area contributed by atoms with Crippen LogP contribution in [0.5, 0.6) is 5.75 Å². The second-order valence-electron chi connectivity index (χ2n) is 8.91. The number of hydrogen-bond acceptors (Lipinski definition) is 7. The van der Waals surface area contributed by atoms with E-state index in [-0.39, 0.29) is 23.9 Å². The number of amides is 3. The van der Waals surface area contributed by atoms with Crippen LogP contribution < -0.4 is 15.0 Å². The highest BCUT2D eigenvalue weighted by atomic mass is 32.2. The van der Waals surface area contributed by atoms with E-state index in [1.165, 1.54) is 6.07 Å². The van der Waals surface area contributed by atoms with Crippen molar-refractivity contribution in [3.8, 4) is 5.75 Å². The molecule has 2 saturated heterocycles. The van der Waals surface area contributed by atoms with Gasteiger partial charge in [0.1, 0.15) is 24.7 Å². The van der Waals surface area contributed by atoms with Gasteiger partial charge in [-0.3, -0.25) is 19.3 Å². The van der Waals surface area contributed by atoms with Gasteiger partial charge in [0, 0.05) is 30.0 Å². The molecule has 0 aliphatic carbocycles. The summed E-state index contributed by atoms with van der Waals surface area (Å²) in [5.74, 6) is -0.782. The summed E-state index contributed by atoms with van der Waals surface area (Å²) >= 11 is 0.786. The molecule has 2 heterocycles. The molecule has 1 N–H and O–H groups in total. The number of imide groups is 1. The zero-order valence-corrected chi connectivity index (χ0v) is 21.8. The summed E-state index contributed by atoms with van der Waals surface area (Å²) in [7, 11) is 0. The highest BCUT2D eigenvalue weighted by Crippen LogP contribution is 2.32. The van der Waals surface area contributed by atoms with Crippen LogP contribution in [0.4, 0.5) is 20.6 Å². The van der Waals surface area contributed by atoms with Gasteiger partial charge >= 0.3 is 0 Å². The fourth-order valence-electron chi connectivity index (χ4n) is 4.15. The minimum absolute atomic E-state index is 0.0883. The first kappa shape index (κ1) is 26.5. The van der Waals surface area contributed by atoms with Crippen molar-refractivity contribution in [2.24, 2.45) is 0 Å². The third-order valence-corrected chi connectivity index (χ3v) is 7.14. The third kappa shape index (κ3) is 6.65. The second kappa shape index (κ2) is 12.1. The quantitative estimate of drug-likeness (QED) is 0.401. The SMILES string of the molecule is O=C(CN1C(=O)S/C(=C/c2ccc(OCc3ccccc3F)cc2)C1=O)Nc1ccc(N2CCOCC2)cc1. The normalized spacial score (nSPS) is 16.6. The summed E-state index contributed by atoms with van der Waals surface area (Å²) in [6.45, 7) is 2.70. The first-order chi connectivity index (χ1) is 19.0. The van der Waals surface area contributed by atoms with E-state index in [1.54, 1.807) is 60.7 Å². The standard InChI is InChI=1S/C29H26FN3O5S/c30-25-4-2-1-3-21(25)19-38-24-11-5-20(6-12-24)17-26-28(35)33(29(36)39-26)18-27(34)31-22-7-9-23(10-8-22)32-13-15-37-16-14-32/h1-12,17H,13-16,18-19H2,(H,31,34)/b26-17+. The molecule has 0 unspecified atom stereocenters. The molecule has 39 heavy (non-hydrogen) atoms. The summed E-state index contributed by atoms with van der Waals surface area (Å²) in [4.78, 5) is 41.3. The van der Waals surface area contributed by atoms with E-state index in [4.69, 9.17) is 9.47 Å². The lowest BCUT2D eigenvalue weighted by Crippen LogP contribution is -2.36. The Morgan fingerprint density at radius 3 is 2.44 bits per heavy atom. The number of carbonyl (C=O) groups is 3. The minimum atomic E-state index is -0.525. The summed E-state index contributed by atoms with van der Waals surface area (Å²) in [5, 5.41) is 2.24. The molecule has 0 saturated carbocycles. The van der Waals surface area contributed by atoms with Gasteiger partial charge in [0.2, 0.25) is 5.91 Å².